The first-order valence-electron chi connectivity index (χ1n) is 9.93. The predicted molar refractivity (Wildman–Crippen MR) is 96.3 cm³/mol. The first-order valence-corrected chi connectivity index (χ1v) is 9.93. The molecular weight excluding hydrogens is 320 g/mol. The number of unbranched alkanes of at least 4 members (excludes halogenated alkanes) is 3. The Morgan fingerprint density at radius 3 is 2.76 bits per heavy atom. The van der Waals surface area contributed by atoms with Crippen LogP contribution < -0.4 is 0 Å². The maximum absolute atomic E-state index is 10.6. The maximum atomic E-state index is 10.6. The van der Waals surface area contributed by atoms with E-state index in [1.54, 1.807) is 0 Å². The number of carboxylic acids is 1. The van der Waals surface area contributed by atoms with Gasteiger partial charge in [-0.2, -0.15) is 0 Å². The summed E-state index contributed by atoms with van der Waals surface area (Å²) in [6, 6.07) is 0. The lowest BCUT2D eigenvalue weighted by Gasteiger charge is -2.18. The number of rotatable bonds is 11. The predicted octanol–water partition coefficient (Wildman–Crippen LogP) is 3.28. The van der Waals surface area contributed by atoms with Crippen molar-refractivity contribution in [1.82, 2.24) is 0 Å². The van der Waals surface area contributed by atoms with E-state index in [1.165, 1.54) is 0 Å². The third-order valence-corrected chi connectivity index (χ3v) is 5.62. The van der Waals surface area contributed by atoms with Gasteiger partial charge in [0.2, 0.25) is 0 Å². The molecule has 3 N–H and O–H groups in total. The second-order valence-corrected chi connectivity index (χ2v) is 7.66. The lowest BCUT2D eigenvalue weighted by Crippen LogP contribution is -2.19. The molecular formula is C20H34O5. The van der Waals surface area contributed by atoms with Crippen LogP contribution in [0.5, 0.6) is 0 Å². The molecule has 1 aliphatic heterocycles. The Morgan fingerprint density at radius 2 is 2.04 bits per heavy atom. The van der Waals surface area contributed by atoms with Crippen LogP contribution in [0, 0.1) is 11.8 Å². The second-order valence-electron chi connectivity index (χ2n) is 7.66. The molecule has 25 heavy (non-hydrogen) atoms. The van der Waals surface area contributed by atoms with E-state index in [4.69, 9.17) is 9.84 Å². The van der Waals surface area contributed by atoms with Gasteiger partial charge in [-0.15, -0.1) is 0 Å². The molecule has 0 aromatic rings. The molecule has 5 nitrogen and oxygen atoms in total. The summed E-state index contributed by atoms with van der Waals surface area (Å²) in [5.41, 5.74) is 0. The number of aliphatic carboxylic acids is 1. The summed E-state index contributed by atoms with van der Waals surface area (Å²) >= 11 is 0. The summed E-state index contributed by atoms with van der Waals surface area (Å²) in [6.07, 6.45) is 11.7. The third kappa shape index (κ3) is 6.39. The molecule has 144 valence electrons. The van der Waals surface area contributed by atoms with Crippen LogP contribution in [0.3, 0.4) is 0 Å². The van der Waals surface area contributed by atoms with Crippen LogP contribution >= 0.6 is 0 Å². The van der Waals surface area contributed by atoms with Gasteiger partial charge in [0.1, 0.15) is 0 Å². The highest BCUT2D eigenvalue weighted by Crippen LogP contribution is 2.45. The Bertz CT molecular complexity index is 436. The van der Waals surface area contributed by atoms with Crippen molar-refractivity contribution in [3.63, 3.8) is 0 Å². The summed E-state index contributed by atoms with van der Waals surface area (Å²) in [5, 5.41) is 29.0. The smallest absolute Gasteiger partial charge is 0.303 e. The fourth-order valence-corrected chi connectivity index (χ4v) is 4.24. The average Bonchev–Trinajstić information content (AvgIpc) is 3.06. The van der Waals surface area contributed by atoms with Crippen molar-refractivity contribution < 1.29 is 24.9 Å². The molecule has 5 heteroatoms. The number of aliphatic hydroxyl groups is 2. The zero-order valence-electron chi connectivity index (χ0n) is 15.3. The fourth-order valence-electron chi connectivity index (χ4n) is 4.24. The first kappa shape index (κ1) is 20.4. The van der Waals surface area contributed by atoms with Crippen molar-refractivity contribution in [2.75, 3.05) is 0 Å². The number of carboxylic acid groups (broad SMARTS) is 1. The molecule has 2 fully saturated rings. The minimum absolute atomic E-state index is 0.0647. The van der Waals surface area contributed by atoms with Crippen LogP contribution in [-0.2, 0) is 9.53 Å². The topological polar surface area (TPSA) is 87.0 Å². The van der Waals surface area contributed by atoms with Crippen molar-refractivity contribution in [2.45, 2.75) is 95.5 Å². The number of aliphatic hydroxyl groups excluding tert-OH is 2. The van der Waals surface area contributed by atoms with Crippen LogP contribution in [0.1, 0.15) is 71.1 Å². The van der Waals surface area contributed by atoms with Crippen LogP contribution in [0.2, 0.25) is 0 Å². The summed E-state index contributed by atoms with van der Waals surface area (Å²) < 4.78 is 6.08. The van der Waals surface area contributed by atoms with Crippen molar-refractivity contribution in [3.8, 4) is 0 Å². The number of ether oxygens (including phenoxy) is 1. The molecule has 0 amide bonds. The van der Waals surface area contributed by atoms with E-state index in [9.17, 15) is 15.0 Å². The van der Waals surface area contributed by atoms with Crippen LogP contribution in [-0.4, -0.2) is 45.7 Å². The zero-order chi connectivity index (χ0) is 18.2. The van der Waals surface area contributed by atoms with Crippen LogP contribution in [0.15, 0.2) is 12.2 Å². The number of hydrogen-bond donors (Lipinski definition) is 3. The van der Waals surface area contributed by atoms with Gasteiger partial charge < -0.3 is 20.1 Å². The molecule has 0 aromatic carbocycles. The molecule has 0 radical (unpaired) electrons. The van der Waals surface area contributed by atoms with Gasteiger partial charge in [-0.25, -0.2) is 0 Å². The average molecular weight is 354 g/mol. The molecule has 1 saturated carbocycles. The summed E-state index contributed by atoms with van der Waals surface area (Å²) in [6.45, 7) is 2.15. The molecule has 0 unspecified atom stereocenters. The molecule has 0 spiro atoms. The largest absolute Gasteiger partial charge is 0.481 e. The first-order chi connectivity index (χ1) is 12.0. The number of carbonyl (C=O) groups is 1. The third-order valence-electron chi connectivity index (χ3n) is 5.62. The van der Waals surface area contributed by atoms with Crippen molar-refractivity contribution in [1.29, 1.82) is 0 Å². The Labute approximate surface area is 151 Å². The van der Waals surface area contributed by atoms with Gasteiger partial charge in [-0.3, -0.25) is 4.79 Å². The van der Waals surface area contributed by atoms with Gasteiger partial charge in [0.15, 0.2) is 0 Å². The normalized spacial score (nSPS) is 33.0. The summed E-state index contributed by atoms with van der Waals surface area (Å²) in [5.74, 6) is -0.358. The van der Waals surface area contributed by atoms with Crippen molar-refractivity contribution in [2.24, 2.45) is 11.8 Å². The van der Waals surface area contributed by atoms with Crippen molar-refractivity contribution >= 4 is 5.97 Å². The lowest BCUT2D eigenvalue weighted by atomic mass is 9.89. The number of fused-ring (bicyclic) bond motifs is 1. The quantitative estimate of drug-likeness (QED) is 0.391. The highest BCUT2D eigenvalue weighted by molar-refractivity contribution is 5.66. The Hall–Kier alpha value is -0.910. The van der Waals surface area contributed by atoms with Crippen molar-refractivity contribution in [3.05, 3.63) is 12.2 Å². The standard InChI is InChI=1S/C20H34O5/c1-2-3-4-7-14(21)10-11-16-17-12-15(8-5-6-9-20(23)24)25-19(17)13-18(16)22/h10-11,14-19,21-22H,2-9,12-13H2,1H3,(H,23,24)/t14-,15-,16+,17+,18+,19-/m0/s1. The highest BCUT2D eigenvalue weighted by atomic mass is 16.5. The monoisotopic (exact) mass is 354 g/mol. The molecule has 0 aromatic heterocycles. The minimum Gasteiger partial charge on any atom is -0.481 e. The van der Waals surface area contributed by atoms with E-state index in [2.05, 4.69) is 6.92 Å². The van der Waals surface area contributed by atoms with Crippen LogP contribution in [0.25, 0.3) is 0 Å². The molecule has 1 heterocycles. The minimum atomic E-state index is -0.741. The second kappa shape index (κ2) is 10.3. The Morgan fingerprint density at radius 1 is 1.24 bits per heavy atom. The van der Waals surface area contributed by atoms with E-state index in [-0.39, 0.29) is 30.7 Å². The molecule has 1 saturated heterocycles. The molecule has 2 rings (SSSR count). The SMILES string of the molecule is CCCCC[C@H](O)C=C[C@@H]1[C@H]2C[C@H](CCCCC(=O)O)O[C@H]2C[C@H]1O. The van der Waals surface area contributed by atoms with Gasteiger partial charge in [0.25, 0.3) is 0 Å². The van der Waals surface area contributed by atoms with Gasteiger partial charge in [0.05, 0.1) is 24.4 Å². The molecule has 6 atom stereocenters. The highest BCUT2D eigenvalue weighted by Gasteiger charge is 2.47. The van der Waals surface area contributed by atoms with Crippen LogP contribution in [0.4, 0.5) is 0 Å². The van der Waals surface area contributed by atoms with E-state index in [1.807, 2.05) is 12.2 Å². The molecule has 2 aliphatic rings. The van der Waals surface area contributed by atoms with E-state index < -0.39 is 12.1 Å². The lowest BCUT2D eigenvalue weighted by molar-refractivity contribution is -0.137. The number of hydrogen-bond acceptors (Lipinski definition) is 4. The van der Waals surface area contributed by atoms with E-state index >= 15 is 0 Å². The zero-order valence-corrected chi connectivity index (χ0v) is 15.3. The van der Waals surface area contributed by atoms with Gasteiger partial charge in [-0.1, -0.05) is 44.8 Å². The summed E-state index contributed by atoms with van der Waals surface area (Å²) in [4.78, 5) is 10.6. The molecule has 1 aliphatic carbocycles. The molecule has 0 bridgehead atoms. The van der Waals surface area contributed by atoms with E-state index in [0.29, 0.717) is 18.8 Å². The van der Waals surface area contributed by atoms with E-state index in [0.717, 1.165) is 44.9 Å². The van der Waals surface area contributed by atoms with Gasteiger partial charge in [0, 0.05) is 18.8 Å². The summed E-state index contributed by atoms with van der Waals surface area (Å²) in [7, 11) is 0. The Balaban J connectivity index is 1.76. The fraction of sp³-hybridized carbons (Fsp3) is 0.850. The maximum Gasteiger partial charge on any atom is 0.303 e. The van der Waals surface area contributed by atoms with Gasteiger partial charge >= 0.3 is 5.97 Å². The Kier molecular flexibility index (Phi) is 8.40. The van der Waals surface area contributed by atoms with Gasteiger partial charge in [-0.05, 0) is 31.6 Å².